The first-order valence-electron chi connectivity index (χ1n) is 6.80. The van der Waals surface area contributed by atoms with Crippen molar-refractivity contribution in [1.29, 1.82) is 5.26 Å². The van der Waals surface area contributed by atoms with E-state index in [1.54, 1.807) is 6.20 Å². The molecule has 0 aliphatic heterocycles. The predicted octanol–water partition coefficient (Wildman–Crippen LogP) is 3.89. The lowest BCUT2D eigenvalue weighted by atomic mass is 10.1. The molecule has 0 spiro atoms. The monoisotopic (exact) mass is 330 g/mol. The lowest BCUT2D eigenvalue weighted by molar-refractivity contribution is 0.556. The van der Waals surface area contributed by atoms with Crippen LogP contribution in [0.5, 0.6) is 0 Å². The van der Waals surface area contributed by atoms with Gasteiger partial charge in [0.1, 0.15) is 5.82 Å². The molecule has 102 valence electrons. The number of rotatable bonds is 3. The summed E-state index contributed by atoms with van der Waals surface area (Å²) in [6.45, 7) is 0. The molecule has 1 saturated carbocycles. The number of benzene rings is 1. The minimum absolute atomic E-state index is 0.413. The first-order chi connectivity index (χ1) is 9.74. The van der Waals surface area contributed by atoms with Crippen LogP contribution in [0.25, 0.3) is 11.0 Å². The molecule has 2 aromatic rings. The summed E-state index contributed by atoms with van der Waals surface area (Å²) in [6.07, 6.45) is 5.72. The molecule has 0 unspecified atom stereocenters. The summed E-state index contributed by atoms with van der Waals surface area (Å²) in [6, 6.07) is 8.57. The Morgan fingerprint density at radius 1 is 1.35 bits per heavy atom. The number of halogens is 1. The molecule has 0 bridgehead atoms. The van der Waals surface area contributed by atoms with Gasteiger partial charge in [0, 0.05) is 16.9 Å². The Labute approximate surface area is 126 Å². The highest BCUT2D eigenvalue weighted by Crippen LogP contribution is 2.30. The average molecular weight is 331 g/mol. The maximum Gasteiger partial charge on any atom is 0.145 e. The van der Waals surface area contributed by atoms with Gasteiger partial charge in [-0.15, -0.1) is 0 Å². The molecule has 1 N–H and O–H groups in total. The van der Waals surface area contributed by atoms with E-state index in [2.05, 4.69) is 37.3 Å². The van der Waals surface area contributed by atoms with E-state index in [9.17, 15) is 0 Å². The molecule has 2 atom stereocenters. The second-order valence-corrected chi connectivity index (χ2v) is 6.19. The largest absolute Gasteiger partial charge is 0.366 e. The van der Waals surface area contributed by atoms with Crippen LogP contribution < -0.4 is 5.32 Å². The van der Waals surface area contributed by atoms with Crippen LogP contribution in [0.1, 0.15) is 25.7 Å². The summed E-state index contributed by atoms with van der Waals surface area (Å²) < 4.78 is 1.01. The molecule has 1 fully saturated rings. The van der Waals surface area contributed by atoms with Crippen molar-refractivity contribution in [3.8, 4) is 6.07 Å². The number of hydrogen-bond acceptors (Lipinski definition) is 4. The van der Waals surface area contributed by atoms with Gasteiger partial charge in [-0.05, 0) is 43.4 Å². The molecule has 5 heteroatoms. The Balaban J connectivity index is 1.72. The maximum absolute atomic E-state index is 8.75. The zero-order valence-electron chi connectivity index (χ0n) is 11.0. The highest BCUT2D eigenvalue weighted by Gasteiger charge is 2.24. The fourth-order valence-corrected chi connectivity index (χ4v) is 3.13. The number of anilines is 1. The third kappa shape index (κ3) is 2.91. The van der Waals surface area contributed by atoms with Gasteiger partial charge in [0.2, 0.25) is 0 Å². The molecule has 1 aliphatic rings. The smallest absolute Gasteiger partial charge is 0.145 e. The van der Waals surface area contributed by atoms with E-state index in [4.69, 9.17) is 5.26 Å². The van der Waals surface area contributed by atoms with Crippen molar-refractivity contribution in [3.05, 3.63) is 28.9 Å². The topological polar surface area (TPSA) is 61.6 Å². The molecule has 0 saturated heterocycles. The molecule has 1 heterocycles. The van der Waals surface area contributed by atoms with E-state index in [-0.39, 0.29) is 0 Å². The van der Waals surface area contributed by atoms with Crippen LogP contribution in [0, 0.1) is 17.2 Å². The quantitative estimate of drug-likeness (QED) is 0.927. The van der Waals surface area contributed by atoms with Crippen molar-refractivity contribution >= 4 is 32.8 Å². The summed E-state index contributed by atoms with van der Waals surface area (Å²) >= 11 is 3.43. The standard InChI is InChI=1S/C15H15BrN4/c16-11-2-4-13-14(8-11)18-9-15(20-13)19-12-3-1-10(7-12)5-6-17/h2,4,8-10,12H,1,3,5,7H2,(H,19,20)/t10-,12-/m1/s1. The first kappa shape index (κ1) is 13.3. The van der Waals surface area contributed by atoms with Crippen LogP contribution in [-0.2, 0) is 0 Å². The van der Waals surface area contributed by atoms with E-state index in [1.807, 2.05) is 18.2 Å². The van der Waals surface area contributed by atoms with Crippen LogP contribution in [0.4, 0.5) is 5.82 Å². The first-order valence-corrected chi connectivity index (χ1v) is 7.59. The van der Waals surface area contributed by atoms with Gasteiger partial charge in [-0.25, -0.2) is 4.98 Å². The second-order valence-electron chi connectivity index (χ2n) is 5.27. The van der Waals surface area contributed by atoms with E-state index in [1.165, 1.54) is 0 Å². The van der Waals surface area contributed by atoms with Gasteiger partial charge in [-0.2, -0.15) is 5.26 Å². The molecular weight excluding hydrogens is 316 g/mol. The lowest BCUT2D eigenvalue weighted by Gasteiger charge is -2.13. The minimum atomic E-state index is 0.413. The minimum Gasteiger partial charge on any atom is -0.366 e. The van der Waals surface area contributed by atoms with Crippen molar-refractivity contribution in [1.82, 2.24) is 9.97 Å². The summed E-state index contributed by atoms with van der Waals surface area (Å²) in [5, 5.41) is 12.2. The summed E-state index contributed by atoms with van der Waals surface area (Å²) in [5.74, 6) is 1.35. The summed E-state index contributed by atoms with van der Waals surface area (Å²) in [7, 11) is 0. The third-order valence-corrected chi connectivity index (χ3v) is 4.27. The number of fused-ring (bicyclic) bond motifs is 1. The van der Waals surface area contributed by atoms with Crippen LogP contribution in [-0.4, -0.2) is 16.0 Å². The van der Waals surface area contributed by atoms with E-state index < -0.39 is 0 Å². The molecule has 0 radical (unpaired) electrons. The molecular formula is C15H15BrN4. The van der Waals surface area contributed by atoms with E-state index >= 15 is 0 Å². The van der Waals surface area contributed by atoms with Crippen molar-refractivity contribution in [2.45, 2.75) is 31.7 Å². The van der Waals surface area contributed by atoms with Crippen LogP contribution in [0.3, 0.4) is 0 Å². The summed E-state index contributed by atoms with van der Waals surface area (Å²) in [5.41, 5.74) is 1.78. The predicted molar refractivity (Wildman–Crippen MR) is 82.2 cm³/mol. The fraction of sp³-hybridized carbons (Fsp3) is 0.400. The zero-order chi connectivity index (χ0) is 13.9. The third-order valence-electron chi connectivity index (χ3n) is 3.78. The molecule has 1 aromatic heterocycles. The van der Waals surface area contributed by atoms with Crippen molar-refractivity contribution in [2.24, 2.45) is 5.92 Å². The molecule has 1 aromatic carbocycles. The maximum atomic E-state index is 8.75. The Kier molecular flexibility index (Phi) is 3.83. The van der Waals surface area contributed by atoms with Gasteiger partial charge < -0.3 is 5.32 Å². The van der Waals surface area contributed by atoms with Gasteiger partial charge >= 0.3 is 0 Å². The lowest BCUT2D eigenvalue weighted by Crippen LogP contribution is -2.16. The van der Waals surface area contributed by atoms with Gasteiger partial charge in [0.25, 0.3) is 0 Å². The van der Waals surface area contributed by atoms with Crippen molar-refractivity contribution in [3.63, 3.8) is 0 Å². The molecule has 0 amide bonds. The fourth-order valence-electron chi connectivity index (χ4n) is 2.78. The summed E-state index contributed by atoms with van der Waals surface area (Å²) in [4.78, 5) is 9.02. The normalized spacial score (nSPS) is 21.8. The molecule has 20 heavy (non-hydrogen) atoms. The van der Waals surface area contributed by atoms with Crippen LogP contribution in [0.15, 0.2) is 28.9 Å². The molecule has 1 aliphatic carbocycles. The molecule has 3 rings (SSSR count). The van der Waals surface area contributed by atoms with Gasteiger partial charge in [-0.3, -0.25) is 4.98 Å². The van der Waals surface area contributed by atoms with Gasteiger partial charge in [-0.1, -0.05) is 15.9 Å². The average Bonchev–Trinajstić information content (AvgIpc) is 2.87. The zero-order valence-corrected chi connectivity index (χ0v) is 12.6. The highest BCUT2D eigenvalue weighted by atomic mass is 79.9. The Morgan fingerprint density at radius 3 is 3.10 bits per heavy atom. The van der Waals surface area contributed by atoms with Crippen LogP contribution in [0.2, 0.25) is 0 Å². The Hall–Kier alpha value is -1.67. The van der Waals surface area contributed by atoms with Gasteiger partial charge in [0.05, 0.1) is 23.3 Å². The number of aromatic nitrogens is 2. The van der Waals surface area contributed by atoms with E-state index in [0.717, 1.165) is 40.6 Å². The second kappa shape index (κ2) is 5.76. The molecule has 4 nitrogen and oxygen atoms in total. The Bertz CT molecular complexity index is 664. The SMILES string of the molecule is N#CC[C@H]1CC[C@@H](Nc2cnc3cc(Br)ccc3n2)C1. The number of nitriles is 1. The number of nitrogens with one attached hydrogen (secondary N) is 1. The van der Waals surface area contributed by atoms with Crippen molar-refractivity contribution < 1.29 is 0 Å². The van der Waals surface area contributed by atoms with Gasteiger partial charge in [0.15, 0.2) is 0 Å². The highest BCUT2D eigenvalue weighted by molar-refractivity contribution is 9.10. The van der Waals surface area contributed by atoms with Crippen molar-refractivity contribution in [2.75, 3.05) is 5.32 Å². The van der Waals surface area contributed by atoms with E-state index in [0.29, 0.717) is 18.4 Å². The number of hydrogen-bond donors (Lipinski definition) is 1. The van der Waals surface area contributed by atoms with Crippen LogP contribution >= 0.6 is 15.9 Å². The number of nitrogens with zero attached hydrogens (tertiary/aromatic N) is 3. The Morgan fingerprint density at radius 2 is 2.25 bits per heavy atom.